The first kappa shape index (κ1) is 14.2. The fourth-order valence-electron chi connectivity index (χ4n) is 2.44. The van der Waals surface area contributed by atoms with Crippen LogP contribution in [0.3, 0.4) is 0 Å². The molecular weight excluding hydrogens is 274 g/mol. The van der Waals surface area contributed by atoms with Gasteiger partial charge < -0.3 is 10.5 Å². The van der Waals surface area contributed by atoms with Gasteiger partial charge in [0.1, 0.15) is 12.4 Å². The number of nitrogen functional groups attached to an aromatic ring is 1. The molecule has 2 N–H and O–H groups in total. The number of benzene rings is 2. The van der Waals surface area contributed by atoms with Crippen molar-refractivity contribution in [2.75, 3.05) is 5.73 Å². The highest BCUT2D eigenvalue weighted by Gasteiger charge is 2.10. The zero-order valence-electron chi connectivity index (χ0n) is 12.8. The lowest BCUT2D eigenvalue weighted by Gasteiger charge is -2.12. The van der Waals surface area contributed by atoms with Crippen molar-refractivity contribution in [1.82, 2.24) is 9.78 Å². The van der Waals surface area contributed by atoms with Gasteiger partial charge in [0.2, 0.25) is 0 Å². The first-order valence-corrected chi connectivity index (χ1v) is 7.19. The van der Waals surface area contributed by atoms with Crippen LogP contribution in [0.2, 0.25) is 0 Å². The van der Waals surface area contributed by atoms with Crippen molar-refractivity contribution < 1.29 is 4.74 Å². The Labute approximate surface area is 130 Å². The Kier molecular flexibility index (Phi) is 3.83. The fourth-order valence-corrected chi connectivity index (χ4v) is 2.44. The summed E-state index contributed by atoms with van der Waals surface area (Å²) >= 11 is 0. The number of ether oxygens (including phenoxy) is 1. The van der Waals surface area contributed by atoms with Gasteiger partial charge >= 0.3 is 0 Å². The van der Waals surface area contributed by atoms with Gasteiger partial charge in [-0.05, 0) is 35.7 Å². The van der Waals surface area contributed by atoms with Gasteiger partial charge in [-0.1, -0.05) is 30.3 Å². The van der Waals surface area contributed by atoms with E-state index < -0.39 is 0 Å². The van der Waals surface area contributed by atoms with Crippen molar-refractivity contribution in [2.45, 2.75) is 13.5 Å². The monoisotopic (exact) mass is 293 g/mol. The molecule has 0 saturated carbocycles. The van der Waals surface area contributed by atoms with Crippen LogP contribution in [0.1, 0.15) is 11.1 Å². The van der Waals surface area contributed by atoms with Crippen LogP contribution in [0.4, 0.5) is 5.69 Å². The molecule has 3 rings (SSSR count). The Morgan fingerprint density at radius 3 is 2.64 bits per heavy atom. The lowest BCUT2D eigenvalue weighted by atomic mass is 10.0. The molecule has 0 saturated heterocycles. The largest absolute Gasteiger partial charge is 0.487 e. The maximum absolute atomic E-state index is 6.09. The van der Waals surface area contributed by atoms with E-state index in [0.717, 1.165) is 22.3 Å². The summed E-state index contributed by atoms with van der Waals surface area (Å²) in [5.41, 5.74) is 11.1. The van der Waals surface area contributed by atoms with Gasteiger partial charge in [-0.15, -0.1) is 0 Å². The number of nitrogens with two attached hydrogens (primary N) is 1. The van der Waals surface area contributed by atoms with Crippen LogP contribution in [-0.2, 0) is 13.7 Å². The van der Waals surface area contributed by atoms with Crippen LogP contribution in [-0.4, -0.2) is 9.78 Å². The second kappa shape index (κ2) is 5.93. The first-order chi connectivity index (χ1) is 10.6. The average Bonchev–Trinajstić information content (AvgIpc) is 2.94. The van der Waals surface area contributed by atoms with Crippen LogP contribution in [0, 0.1) is 6.92 Å². The van der Waals surface area contributed by atoms with E-state index in [2.05, 4.69) is 5.10 Å². The van der Waals surface area contributed by atoms with Gasteiger partial charge in [0.25, 0.3) is 0 Å². The smallest absolute Gasteiger partial charge is 0.143 e. The highest BCUT2D eigenvalue weighted by molar-refractivity contribution is 5.72. The van der Waals surface area contributed by atoms with E-state index in [0.29, 0.717) is 18.0 Å². The van der Waals surface area contributed by atoms with Gasteiger partial charge in [-0.25, -0.2) is 0 Å². The summed E-state index contributed by atoms with van der Waals surface area (Å²) in [6.07, 6.45) is 3.83. The van der Waals surface area contributed by atoms with Crippen LogP contribution in [0.15, 0.2) is 54.9 Å². The normalized spacial score (nSPS) is 10.6. The molecule has 1 heterocycles. The highest BCUT2D eigenvalue weighted by atomic mass is 16.5. The van der Waals surface area contributed by atoms with Crippen molar-refractivity contribution in [3.05, 3.63) is 66.0 Å². The second-order valence-electron chi connectivity index (χ2n) is 5.38. The summed E-state index contributed by atoms with van der Waals surface area (Å²) in [5.74, 6) is 0.702. The van der Waals surface area contributed by atoms with Crippen LogP contribution in [0.5, 0.6) is 5.75 Å². The zero-order chi connectivity index (χ0) is 15.5. The Morgan fingerprint density at radius 2 is 1.95 bits per heavy atom. The lowest BCUT2D eigenvalue weighted by molar-refractivity contribution is 0.308. The number of aromatic nitrogens is 2. The molecule has 22 heavy (non-hydrogen) atoms. The molecule has 1 aromatic heterocycles. The molecule has 0 atom stereocenters. The van der Waals surface area contributed by atoms with Crippen molar-refractivity contribution in [1.29, 1.82) is 0 Å². The van der Waals surface area contributed by atoms with E-state index in [1.54, 1.807) is 4.68 Å². The summed E-state index contributed by atoms with van der Waals surface area (Å²) in [4.78, 5) is 0. The minimum atomic E-state index is 0.501. The topological polar surface area (TPSA) is 53.1 Å². The molecule has 4 nitrogen and oxygen atoms in total. The molecule has 0 aliphatic rings. The van der Waals surface area contributed by atoms with E-state index in [-0.39, 0.29) is 0 Å². The van der Waals surface area contributed by atoms with E-state index in [9.17, 15) is 0 Å². The predicted molar refractivity (Wildman–Crippen MR) is 88.6 cm³/mol. The number of hydrogen-bond donors (Lipinski definition) is 1. The van der Waals surface area contributed by atoms with Crippen molar-refractivity contribution in [3.8, 4) is 16.9 Å². The summed E-state index contributed by atoms with van der Waals surface area (Å²) in [6.45, 7) is 2.54. The Balaban J connectivity index is 1.88. The molecule has 0 unspecified atom stereocenters. The third kappa shape index (κ3) is 2.96. The summed E-state index contributed by atoms with van der Waals surface area (Å²) in [5, 5.41) is 4.22. The van der Waals surface area contributed by atoms with Crippen LogP contribution in [0.25, 0.3) is 11.1 Å². The van der Waals surface area contributed by atoms with Gasteiger partial charge in [-0.2, -0.15) is 5.10 Å². The van der Waals surface area contributed by atoms with Crippen LogP contribution < -0.4 is 10.5 Å². The maximum Gasteiger partial charge on any atom is 0.143 e. The molecule has 0 bridgehead atoms. The van der Waals surface area contributed by atoms with E-state index in [1.165, 1.54) is 0 Å². The number of rotatable bonds is 4. The second-order valence-corrected chi connectivity index (χ2v) is 5.38. The minimum absolute atomic E-state index is 0.501. The van der Waals surface area contributed by atoms with Crippen molar-refractivity contribution in [2.24, 2.45) is 7.05 Å². The maximum atomic E-state index is 6.09. The fraction of sp³-hybridized carbons (Fsp3) is 0.167. The lowest BCUT2D eigenvalue weighted by Crippen LogP contribution is -2.00. The SMILES string of the molecule is Cc1cc(N)c(OCc2ccccc2)cc1-c1cnn(C)c1. The molecule has 4 heteroatoms. The number of aryl methyl sites for hydroxylation is 2. The third-order valence-corrected chi connectivity index (χ3v) is 3.61. The van der Waals surface area contributed by atoms with Gasteiger partial charge in [0.15, 0.2) is 0 Å². The van der Waals surface area contributed by atoms with E-state index >= 15 is 0 Å². The average molecular weight is 293 g/mol. The first-order valence-electron chi connectivity index (χ1n) is 7.19. The molecule has 0 aliphatic heterocycles. The zero-order valence-corrected chi connectivity index (χ0v) is 12.8. The molecule has 0 fully saturated rings. The molecule has 0 radical (unpaired) electrons. The number of nitrogens with zero attached hydrogens (tertiary/aromatic N) is 2. The van der Waals surface area contributed by atoms with E-state index in [4.69, 9.17) is 10.5 Å². The molecule has 0 spiro atoms. The van der Waals surface area contributed by atoms with Gasteiger partial charge in [-0.3, -0.25) is 4.68 Å². The molecule has 2 aromatic carbocycles. The van der Waals surface area contributed by atoms with E-state index in [1.807, 2.05) is 68.8 Å². The third-order valence-electron chi connectivity index (χ3n) is 3.61. The molecule has 0 amide bonds. The molecule has 112 valence electrons. The summed E-state index contributed by atoms with van der Waals surface area (Å²) in [6, 6.07) is 14.0. The Bertz CT molecular complexity index is 778. The molecule has 0 aliphatic carbocycles. The molecule has 3 aromatic rings. The standard InChI is InChI=1S/C18H19N3O/c1-13-8-17(19)18(22-12-14-6-4-3-5-7-14)9-16(13)15-10-20-21(2)11-15/h3-11H,12,19H2,1-2H3. The van der Waals surface area contributed by atoms with Crippen molar-refractivity contribution >= 4 is 5.69 Å². The molecular formula is C18H19N3O. The van der Waals surface area contributed by atoms with Gasteiger partial charge in [0.05, 0.1) is 11.9 Å². The number of hydrogen-bond acceptors (Lipinski definition) is 3. The van der Waals surface area contributed by atoms with Crippen molar-refractivity contribution in [3.63, 3.8) is 0 Å². The van der Waals surface area contributed by atoms with Gasteiger partial charge in [0, 0.05) is 18.8 Å². The predicted octanol–water partition coefficient (Wildman–Crippen LogP) is 3.56. The van der Waals surface area contributed by atoms with Crippen LogP contribution >= 0.6 is 0 Å². The Morgan fingerprint density at radius 1 is 1.18 bits per heavy atom. The summed E-state index contributed by atoms with van der Waals surface area (Å²) in [7, 11) is 1.91. The quantitative estimate of drug-likeness (QED) is 0.748. The Hall–Kier alpha value is -2.75. The minimum Gasteiger partial charge on any atom is -0.487 e. The highest BCUT2D eigenvalue weighted by Crippen LogP contribution is 2.32. The number of anilines is 1. The summed E-state index contributed by atoms with van der Waals surface area (Å²) < 4.78 is 7.68.